The zero-order valence-electron chi connectivity index (χ0n) is 13.3. The lowest BCUT2D eigenvalue weighted by Crippen LogP contribution is -2.41. The second kappa shape index (κ2) is 7.33. The maximum atomic E-state index is 12.1. The second-order valence-corrected chi connectivity index (χ2v) is 7.79. The van der Waals surface area contributed by atoms with Crippen LogP contribution in [0.2, 0.25) is 0 Å². The molecule has 1 amide bonds. The molecule has 3 aromatic rings. The Morgan fingerprint density at radius 2 is 2.00 bits per heavy atom. The number of fused-ring (bicyclic) bond motifs is 2. The number of hydrogen-bond donors (Lipinski definition) is 1. The third kappa shape index (κ3) is 3.88. The number of thioether (sulfide) groups is 1. The van der Waals surface area contributed by atoms with Crippen LogP contribution in [-0.4, -0.2) is 35.9 Å². The quantitative estimate of drug-likeness (QED) is 0.696. The minimum Gasteiger partial charge on any atom is -0.486 e. The fourth-order valence-electron chi connectivity index (χ4n) is 2.48. The zero-order valence-corrected chi connectivity index (χ0v) is 14.9. The monoisotopic (exact) mass is 372 g/mol. The average molecular weight is 372 g/mol. The molecule has 4 rings (SSSR count). The van der Waals surface area contributed by atoms with E-state index in [1.165, 1.54) is 11.8 Å². The predicted molar refractivity (Wildman–Crippen MR) is 99.7 cm³/mol. The van der Waals surface area contributed by atoms with E-state index < -0.39 is 0 Å². The molecule has 25 heavy (non-hydrogen) atoms. The van der Waals surface area contributed by atoms with Gasteiger partial charge in [0.25, 0.3) is 0 Å². The number of thiazole rings is 1. The molecule has 1 aliphatic rings. The second-order valence-electron chi connectivity index (χ2n) is 5.54. The average Bonchev–Trinajstić information content (AvgIpc) is 3.07. The Morgan fingerprint density at radius 1 is 1.20 bits per heavy atom. The molecule has 0 bridgehead atoms. The molecule has 1 aromatic heterocycles. The van der Waals surface area contributed by atoms with Crippen LogP contribution in [0.5, 0.6) is 11.5 Å². The summed E-state index contributed by atoms with van der Waals surface area (Å²) in [5.41, 5.74) is 0.974. The van der Waals surface area contributed by atoms with Crippen molar-refractivity contribution in [1.82, 2.24) is 10.3 Å². The van der Waals surface area contributed by atoms with Gasteiger partial charge < -0.3 is 14.8 Å². The van der Waals surface area contributed by atoms with E-state index in [0.717, 1.165) is 26.1 Å². The Bertz CT molecular complexity index is 864. The summed E-state index contributed by atoms with van der Waals surface area (Å²) in [7, 11) is 0. The number of amides is 1. The van der Waals surface area contributed by atoms with Crippen molar-refractivity contribution in [1.29, 1.82) is 0 Å². The number of rotatable bonds is 5. The molecule has 0 unspecified atom stereocenters. The number of hydrogen-bond acceptors (Lipinski definition) is 6. The van der Waals surface area contributed by atoms with Gasteiger partial charge >= 0.3 is 0 Å². The summed E-state index contributed by atoms with van der Waals surface area (Å²) >= 11 is 3.06. The van der Waals surface area contributed by atoms with E-state index in [2.05, 4.69) is 10.3 Å². The fourth-order valence-corrected chi connectivity index (χ4v) is 4.38. The van der Waals surface area contributed by atoms with Crippen LogP contribution in [0, 0.1) is 0 Å². The maximum absolute atomic E-state index is 12.1. The number of aromatic nitrogens is 1. The molecule has 5 nitrogen and oxygen atoms in total. The van der Waals surface area contributed by atoms with E-state index in [-0.39, 0.29) is 12.0 Å². The maximum Gasteiger partial charge on any atom is 0.230 e. The highest BCUT2D eigenvalue weighted by Crippen LogP contribution is 2.31. The first-order valence-electron chi connectivity index (χ1n) is 7.91. The lowest BCUT2D eigenvalue weighted by Gasteiger charge is -2.26. The number of nitrogens with one attached hydrogen (secondary N) is 1. The predicted octanol–water partition coefficient (Wildman–Crippen LogP) is 3.34. The Hall–Kier alpha value is -2.25. The molecule has 0 aliphatic carbocycles. The summed E-state index contributed by atoms with van der Waals surface area (Å²) < 4.78 is 13.5. The van der Waals surface area contributed by atoms with E-state index in [4.69, 9.17) is 9.47 Å². The van der Waals surface area contributed by atoms with Gasteiger partial charge in [0.05, 0.1) is 22.5 Å². The normalized spacial score (nSPS) is 15.9. The number of carbonyl (C=O) groups is 1. The molecule has 1 aliphatic heterocycles. The van der Waals surface area contributed by atoms with E-state index in [1.807, 2.05) is 48.5 Å². The first-order valence-corrected chi connectivity index (χ1v) is 9.72. The summed E-state index contributed by atoms with van der Waals surface area (Å²) in [6.07, 6.45) is -0.175. The van der Waals surface area contributed by atoms with Gasteiger partial charge in [-0.3, -0.25) is 4.79 Å². The van der Waals surface area contributed by atoms with Crippen LogP contribution < -0.4 is 14.8 Å². The zero-order chi connectivity index (χ0) is 17.1. The summed E-state index contributed by atoms with van der Waals surface area (Å²) in [6.45, 7) is 0.857. The molecule has 0 radical (unpaired) electrons. The van der Waals surface area contributed by atoms with Gasteiger partial charge in [0, 0.05) is 0 Å². The third-order valence-electron chi connectivity index (χ3n) is 3.70. The van der Waals surface area contributed by atoms with Gasteiger partial charge in [0.2, 0.25) is 5.91 Å². The first kappa shape index (κ1) is 16.2. The van der Waals surface area contributed by atoms with Crippen LogP contribution in [0.15, 0.2) is 52.9 Å². The highest BCUT2D eigenvalue weighted by Gasteiger charge is 2.21. The molecule has 0 spiro atoms. The first-order chi connectivity index (χ1) is 12.3. The van der Waals surface area contributed by atoms with Crippen LogP contribution in [0.3, 0.4) is 0 Å². The Morgan fingerprint density at radius 3 is 2.88 bits per heavy atom. The number of benzene rings is 2. The Labute approximate surface area is 153 Å². The molecular formula is C18H16N2O3S2. The molecule has 0 fully saturated rings. The van der Waals surface area contributed by atoms with E-state index >= 15 is 0 Å². The molecule has 128 valence electrons. The standard InChI is InChI=1S/C18H16N2O3S2/c21-17(11-24-18-20-13-5-1-4-8-16(13)25-18)19-9-12-10-22-14-6-2-3-7-15(14)23-12/h1-8,12H,9-11H2,(H,19,21)/t12-/m1/s1. The lowest BCUT2D eigenvalue weighted by atomic mass is 10.2. The minimum atomic E-state index is -0.175. The molecular weight excluding hydrogens is 356 g/mol. The van der Waals surface area contributed by atoms with Gasteiger partial charge in [0.1, 0.15) is 12.7 Å². The van der Waals surface area contributed by atoms with Crippen LogP contribution in [0.25, 0.3) is 10.2 Å². The van der Waals surface area contributed by atoms with Crippen molar-refractivity contribution in [3.8, 4) is 11.5 Å². The van der Waals surface area contributed by atoms with Gasteiger partial charge in [-0.1, -0.05) is 36.0 Å². The molecule has 0 saturated heterocycles. The summed E-state index contributed by atoms with van der Waals surface area (Å²) in [6, 6.07) is 15.5. The molecule has 1 N–H and O–H groups in total. The van der Waals surface area contributed by atoms with Crippen molar-refractivity contribution in [2.45, 2.75) is 10.4 Å². The molecule has 7 heteroatoms. The van der Waals surface area contributed by atoms with Crippen LogP contribution in [0.1, 0.15) is 0 Å². The lowest BCUT2D eigenvalue weighted by molar-refractivity contribution is -0.119. The van der Waals surface area contributed by atoms with Crippen molar-refractivity contribution >= 4 is 39.2 Å². The van der Waals surface area contributed by atoms with Gasteiger partial charge in [0.15, 0.2) is 15.8 Å². The molecule has 1 atom stereocenters. The molecule has 0 saturated carbocycles. The number of carbonyl (C=O) groups excluding carboxylic acids is 1. The van der Waals surface area contributed by atoms with Gasteiger partial charge in [-0.25, -0.2) is 4.98 Å². The van der Waals surface area contributed by atoms with Crippen molar-refractivity contribution < 1.29 is 14.3 Å². The third-order valence-corrected chi connectivity index (χ3v) is 5.87. The Balaban J connectivity index is 1.25. The highest BCUT2D eigenvalue weighted by molar-refractivity contribution is 8.01. The van der Waals surface area contributed by atoms with E-state index in [1.54, 1.807) is 11.3 Å². The van der Waals surface area contributed by atoms with Crippen molar-refractivity contribution in [3.63, 3.8) is 0 Å². The van der Waals surface area contributed by atoms with Gasteiger partial charge in [-0.2, -0.15) is 0 Å². The topological polar surface area (TPSA) is 60.5 Å². The van der Waals surface area contributed by atoms with Crippen LogP contribution >= 0.6 is 23.1 Å². The number of nitrogens with zero attached hydrogens (tertiary/aromatic N) is 1. The number of para-hydroxylation sites is 3. The molecule has 2 heterocycles. The smallest absolute Gasteiger partial charge is 0.230 e. The van der Waals surface area contributed by atoms with Crippen LogP contribution in [0.4, 0.5) is 0 Å². The largest absolute Gasteiger partial charge is 0.486 e. The van der Waals surface area contributed by atoms with Crippen molar-refractivity contribution in [2.24, 2.45) is 0 Å². The summed E-state index contributed by atoms with van der Waals surface area (Å²) in [5.74, 6) is 1.77. The fraction of sp³-hybridized carbons (Fsp3) is 0.222. The van der Waals surface area contributed by atoms with Crippen molar-refractivity contribution in [3.05, 3.63) is 48.5 Å². The van der Waals surface area contributed by atoms with Crippen LogP contribution in [-0.2, 0) is 4.79 Å². The SMILES string of the molecule is O=C(CSc1nc2ccccc2s1)NC[C@@H]1COc2ccccc2O1. The number of ether oxygens (including phenoxy) is 2. The Kier molecular flexibility index (Phi) is 4.76. The van der Waals surface area contributed by atoms with E-state index in [9.17, 15) is 4.79 Å². The molecule has 2 aromatic carbocycles. The van der Waals surface area contributed by atoms with Gasteiger partial charge in [-0.05, 0) is 24.3 Å². The van der Waals surface area contributed by atoms with Gasteiger partial charge in [-0.15, -0.1) is 11.3 Å². The van der Waals surface area contributed by atoms with Crippen molar-refractivity contribution in [2.75, 3.05) is 18.9 Å². The highest BCUT2D eigenvalue weighted by atomic mass is 32.2. The summed E-state index contributed by atoms with van der Waals surface area (Å²) in [5, 5.41) is 2.90. The minimum absolute atomic E-state index is 0.0354. The van der Waals surface area contributed by atoms with E-state index in [0.29, 0.717) is 18.9 Å². The summed E-state index contributed by atoms with van der Waals surface area (Å²) in [4.78, 5) is 16.6.